The molecule has 1 aliphatic heterocycles. The minimum absolute atomic E-state index is 0.0393. The molecule has 7 nitrogen and oxygen atoms in total. The lowest BCUT2D eigenvalue weighted by atomic mass is 9.83. The molecule has 1 aromatic carbocycles. The maximum atomic E-state index is 11.9. The van der Waals surface area contributed by atoms with Crippen LogP contribution in [0.2, 0.25) is 0 Å². The van der Waals surface area contributed by atoms with E-state index >= 15 is 0 Å². The number of thiazole rings is 1. The average molecular weight is 466 g/mol. The lowest BCUT2D eigenvalue weighted by Crippen LogP contribution is -2.48. The first-order valence-corrected chi connectivity index (χ1v) is 13.6. The van der Waals surface area contributed by atoms with Gasteiger partial charge >= 0.3 is 0 Å². The minimum Gasteiger partial charge on any atom is -0.391 e. The molecule has 2 N–H and O–H groups in total. The molecule has 0 amide bonds. The van der Waals surface area contributed by atoms with Gasteiger partial charge in [0.05, 0.1) is 36.5 Å². The van der Waals surface area contributed by atoms with E-state index in [9.17, 15) is 13.5 Å². The Bertz CT molecular complexity index is 943. The van der Waals surface area contributed by atoms with Crippen LogP contribution in [0, 0.1) is 0 Å². The van der Waals surface area contributed by atoms with Crippen molar-refractivity contribution >= 4 is 26.5 Å². The molecule has 4 rings (SSSR count). The molecule has 1 aliphatic carbocycles. The van der Waals surface area contributed by atoms with Gasteiger partial charge in [0.1, 0.15) is 0 Å². The van der Waals surface area contributed by atoms with Gasteiger partial charge in [-0.05, 0) is 43.6 Å². The van der Waals surface area contributed by atoms with E-state index in [0.29, 0.717) is 25.5 Å². The lowest BCUT2D eigenvalue weighted by molar-refractivity contribution is 0.0157. The monoisotopic (exact) mass is 465 g/mol. The van der Waals surface area contributed by atoms with E-state index in [-0.39, 0.29) is 24.8 Å². The molecule has 31 heavy (non-hydrogen) atoms. The van der Waals surface area contributed by atoms with Crippen molar-refractivity contribution in [3.63, 3.8) is 0 Å². The molecule has 0 radical (unpaired) electrons. The van der Waals surface area contributed by atoms with Gasteiger partial charge in [0.15, 0.2) is 5.13 Å². The normalized spacial score (nSPS) is 27.0. The molecule has 1 aromatic heterocycles. The van der Waals surface area contributed by atoms with Crippen LogP contribution in [-0.4, -0.2) is 56.1 Å². The summed E-state index contributed by atoms with van der Waals surface area (Å²) >= 11 is 1.45. The van der Waals surface area contributed by atoms with Gasteiger partial charge in [0, 0.05) is 18.8 Å². The Hall–Kier alpha value is -1.52. The van der Waals surface area contributed by atoms with E-state index < -0.39 is 10.0 Å². The summed E-state index contributed by atoms with van der Waals surface area (Å²) in [5.74, 6) is 0.593. The molecule has 2 fully saturated rings. The van der Waals surface area contributed by atoms with Crippen LogP contribution in [0.15, 0.2) is 36.5 Å². The predicted octanol–water partition coefficient (Wildman–Crippen LogP) is 2.87. The topological polar surface area (TPSA) is 91.8 Å². The molecule has 2 aromatic rings. The highest BCUT2D eigenvalue weighted by atomic mass is 32.2. The lowest BCUT2D eigenvalue weighted by Gasteiger charge is -2.32. The van der Waals surface area contributed by atoms with Gasteiger partial charge in [0.2, 0.25) is 10.0 Å². The second-order valence-electron chi connectivity index (χ2n) is 8.53. The van der Waals surface area contributed by atoms with Gasteiger partial charge in [-0.3, -0.25) is 0 Å². The Morgan fingerprint density at radius 1 is 1.19 bits per heavy atom. The van der Waals surface area contributed by atoms with E-state index in [0.717, 1.165) is 35.7 Å². The first kappa shape index (κ1) is 22.7. The quantitative estimate of drug-likeness (QED) is 0.623. The van der Waals surface area contributed by atoms with Crippen molar-refractivity contribution in [3.05, 3.63) is 47.0 Å². The number of aromatic nitrogens is 1. The average Bonchev–Trinajstić information content (AvgIpc) is 3.39. The van der Waals surface area contributed by atoms with Crippen LogP contribution in [0.3, 0.4) is 0 Å². The number of nitrogens with zero attached hydrogens (tertiary/aromatic N) is 2. The molecule has 0 unspecified atom stereocenters. The van der Waals surface area contributed by atoms with E-state index in [2.05, 4.69) is 44.9 Å². The second kappa shape index (κ2) is 9.95. The van der Waals surface area contributed by atoms with Crippen LogP contribution in [0.1, 0.15) is 48.5 Å². The summed E-state index contributed by atoms with van der Waals surface area (Å²) in [6, 6.07) is 10.3. The largest absolute Gasteiger partial charge is 0.391 e. The maximum Gasteiger partial charge on any atom is 0.209 e. The van der Waals surface area contributed by atoms with Crippen molar-refractivity contribution in [1.82, 2.24) is 9.71 Å². The van der Waals surface area contributed by atoms with E-state index in [1.54, 1.807) is 6.20 Å². The molecular formula is C22H31N3O4S2. The number of nitrogens with one attached hydrogen (secondary N) is 1. The van der Waals surface area contributed by atoms with Crippen LogP contribution in [0.5, 0.6) is 0 Å². The van der Waals surface area contributed by atoms with Crippen LogP contribution in [-0.2, 0) is 21.4 Å². The highest BCUT2D eigenvalue weighted by Crippen LogP contribution is 2.35. The summed E-state index contributed by atoms with van der Waals surface area (Å²) in [6.45, 7) is 1.13. The molecular weight excluding hydrogens is 434 g/mol. The van der Waals surface area contributed by atoms with Gasteiger partial charge < -0.3 is 14.7 Å². The van der Waals surface area contributed by atoms with Gasteiger partial charge in [0.25, 0.3) is 0 Å². The number of rotatable bonds is 8. The summed E-state index contributed by atoms with van der Waals surface area (Å²) in [4.78, 5) is 7.37. The summed E-state index contributed by atoms with van der Waals surface area (Å²) in [5, 5.41) is 10.2. The summed E-state index contributed by atoms with van der Waals surface area (Å²) < 4.78 is 32.9. The number of ether oxygens (including phenoxy) is 1. The zero-order valence-electron chi connectivity index (χ0n) is 17.8. The maximum absolute atomic E-state index is 11.9. The third kappa shape index (κ3) is 5.84. The van der Waals surface area contributed by atoms with Crippen molar-refractivity contribution < 1.29 is 18.3 Å². The fourth-order valence-electron chi connectivity index (χ4n) is 4.74. The first-order chi connectivity index (χ1) is 14.9. The predicted molar refractivity (Wildman–Crippen MR) is 123 cm³/mol. The molecule has 1 saturated carbocycles. The smallest absolute Gasteiger partial charge is 0.209 e. The molecule has 0 bridgehead atoms. The number of aliphatic hydroxyl groups is 1. The molecule has 170 valence electrons. The van der Waals surface area contributed by atoms with Gasteiger partial charge in [-0.1, -0.05) is 41.7 Å². The molecule has 9 heteroatoms. The Morgan fingerprint density at radius 3 is 2.58 bits per heavy atom. The Balaban J connectivity index is 1.38. The van der Waals surface area contributed by atoms with Crippen molar-refractivity contribution in [1.29, 1.82) is 0 Å². The number of anilines is 1. The standard InChI is InChI=1S/C22H31N3O4S2/c1-31(27,28)24-20-11-12-25(22-23-13-19(14-26)30-22)21(20)15-29-18-9-7-17(8-10-18)16-5-3-2-4-6-16/h2-6,13,17-18,20-21,24,26H,7-12,14-15H2,1H3/t17-,18+,20-,21-/m0/s1. The van der Waals surface area contributed by atoms with Gasteiger partial charge in [-0.15, -0.1) is 0 Å². The number of benzene rings is 1. The molecule has 2 heterocycles. The zero-order chi connectivity index (χ0) is 21.8. The van der Waals surface area contributed by atoms with Gasteiger partial charge in [-0.2, -0.15) is 0 Å². The Labute approximate surface area is 188 Å². The van der Waals surface area contributed by atoms with Crippen molar-refractivity contribution in [2.75, 3.05) is 24.3 Å². The minimum atomic E-state index is -3.32. The van der Waals surface area contributed by atoms with E-state index in [1.165, 1.54) is 23.2 Å². The van der Waals surface area contributed by atoms with Crippen LogP contribution in [0.4, 0.5) is 5.13 Å². The third-order valence-corrected chi connectivity index (χ3v) is 8.05. The summed E-state index contributed by atoms with van der Waals surface area (Å²) in [7, 11) is -3.32. The molecule has 2 aliphatic rings. The van der Waals surface area contributed by atoms with Crippen molar-refractivity contribution in [2.24, 2.45) is 0 Å². The Kier molecular flexibility index (Phi) is 7.28. The SMILES string of the molecule is CS(=O)(=O)N[C@H]1CCN(c2ncc(CO)s2)[C@H]1CO[C@H]1CC[C@@H](c2ccccc2)CC1. The molecule has 0 spiro atoms. The molecule has 1 saturated heterocycles. The number of hydrogen-bond donors (Lipinski definition) is 2. The summed E-state index contributed by atoms with van der Waals surface area (Å²) in [5.41, 5.74) is 1.41. The number of sulfonamides is 1. The zero-order valence-corrected chi connectivity index (χ0v) is 19.4. The fraction of sp³-hybridized carbons (Fsp3) is 0.591. The van der Waals surface area contributed by atoms with Gasteiger partial charge in [-0.25, -0.2) is 18.1 Å². The third-order valence-electron chi connectivity index (χ3n) is 6.30. The number of hydrogen-bond acceptors (Lipinski definition) is 7. The van der Waals surface area contributed by atoms with Crippen molar-refractivity contribution in [2.45, 2.75) is 62.8 Å². The first-order valence-electron chi connectivity index (χ1n) is 10.9. The highest BCUT2D eigenvalue weighted by molar-refractivity contribution is 7.88. The second-order valence-corrected chi connectivity index (χ2v) is 11.4. The number of aliphatic hydroxyl groups excluding tert-OH is 1. The van der Waals surface area contributed by atoms with Crippen LogP contribution < -0.4 is 9.62 Å². The van der Waals surface area contributed by atoms with E-state index in [4.69, 9.17) is 4.74 Å². The Morgan fingerprint density at radius 2 is 1.94 bits per heavy atom. The molecule has 2 atom stereocenters. The fourth-order valence-corrected chi connectivity index (χ4v) is 6.41. The van der Waals surface area contributed by atoms with E-state index in [1.807, 2.05) is 0 Å². The highest BCUT2D eigenvalue weighted by Gasteiger charge is 2.38. The van der Waals surface area contributed by atoms with Crippen LogP contribution in [0.25, 0.3) is 0 Å². The summed E-state index contributed by atoms with van der Waals surface area (Å²) in [6.07, 6.45) is 8.04. The van der Waals surface area contributed by atoms with Crippen molar-refractivity contribution in [3.8, 4) is 0 Å². The van der Waals surface area contributed by atoms with Crippen LogP contribution >= 0.6 is 11.3 Å².